The SMILES string of the molecule is O=C(Nc1cc(C2CC2)nn1[C@H]1CCS(=O)(=O)C1)c1cscn1. The summed E-state index contributed by atoms with van der Waals surface area (Å²) in [6.45, 7) is 0. The van der Waals surface area contributed by atoms with Gasteiger partial charge in [-0.05, 0) is 19.3 Å². The van der Waals surface area contributed by atoms with Crippen molar-refractivity contribution in [1.29, 1.82) is 0 Å². The minimum Gasteiger partial charge on any atom is -0.305 e. The number of thiazole rings is 1. The molecule has 122 valence electrons. The summed E-state index contributed by atoms with van der Waals surface area (Å²) in [6, 6.07) is 1.66. The molecule has 1 saturated heterocycles. The maximum atomic E-state index is 12.2. The van der Waals surface area contributed by atoms with Crippen LogP contribution in [0.15, 0.2) is 17.0 Å². The highest BCUT2D eigenvalue weighted by molar-refractivity contribution is 7.91. The second-order valence-corrected chi connectivity index (χ2v) is 9.01. The fourth-order valence-electron chi connectivity index (χ4n) is 2.84. The second kappa shape index (κ2) is 5.41. The molecule has 1 N–H and O–H groups in total. The quantitative estimate of drug-likeness (QED) is 0.906. The van der Waals surface area contributed by atoms with Gasteiger partial charge in [0.2, 0.25) is 0 Å². The first-order chi connectivity index (χ1) is 11.0. The van der Waals surface area contributed by atoms with Crippen molar-refractivity contribution in [2.24, 2.45) is 0 Å². The van der Waals surface area contributed by atoms with E-state index in [1.165, 1.54) is 11.3 Å². The van der Waals surface area contributed by atoms with E-state index in [1.807, 2.05) is 6.07 Å². The van der Waals surface area contributed by atoms with E-state index in [-0.39, 0.29) is 23.5 Å². The van der Waals surface area contributed by atoms with Crippen LogP contribution in [0.5, 0.6) is 0 Å². The molecule has 2 aromatic heterocycles. The van der Waals surface area contributed by atoms with Gasteiger partial charge < -0.3 is 5.32 Å². The van der Waals surface area contributed by atoms with Crippen LogP contribution in [0, 0.1) is 0 Å². The van der Waals surface area contributed by atoms with Crippen LogP contribution in [0.25, 0.3) is 0 Å². The zero-order valence-corrected chi connectivity index (χ0v) is 13.9. The van der Waals surface area contributed by atoms with Crippen LogP contribution in [-0.2, 0) is 9.84 Å². The second-order valence-electron chi connectivity index (χ2n) is 6.06. The van der Waals surface area contributed by atoms with Crippen molar-refractivity contribution < 1.29 is 13.2 Å². The largest absolute Gasteiger partial charge is 0.305 e. The summed E-state index contributed by atoms with van der Waals surface area (Å²) in [5.41, 5.74) is 2.89. The lowest BCUT2D eigenvalue weighted by atomic mass is 10.2. The van der Waals surface area contributed by atoms with Crippen molar-refractivity contribution in [1.82, 2.24) is 14.8 Å². The molecule has 2 aliphatic rings. The van der Waals surface area contributed by atoms with E-state index in [2.05, 4.69) is 15.4 Å². The van der Waals surface area contributed by atoms with Crippen molar-refractivity contribution >= 4 is 32.9 Å². The number of anilines is 1. The van der Waals surface area contributed by atoms with Gasteiger partial charge in [-0.2, -0.15) is 5.10 Å². The third-order valence-electron chi connectivity index (χ3n) is 4.21. The first-order valence-corrected chi connectivity index (χ1v) is 10.3. The number of hydrogen-bond donors (Lipinski definition) is 1. The van der Waals surface area contributed by atoms with Crippen molar-refractivity contribution in [3.05, 3.63) is 28.3 Å². The number of rotatable bonds is 4. The Morgan fingerprint density at radius 2 is 2.17 bits per heavy atom. The number of nitrogens with zero attached hydrogens (tertiary/aromatic N) is 3. The lowest BCUT2D eigenvalue weighted by Crippen LogP contribution is -2.19. The van der Waals surface area contributed by atoms with Crippen LogP contribution >= 0.6 is 11.3 Å². The smallest absolute Gasteiger partial charge is 0.276 e. The molecule has 1 aliphatic carbocycles. The van der Waals surface area contributed by atoms with Crippen LogP contribution in [0.1, 0.15) is 47.4 Å². The van der Waals surface area contributed by atoms with Gasteiger partial charge in [-0.3, -0.25) is 4.79 Å². The standard InChI is InChI=1S/C14H16N4O3S2/c19-14(12-6-22-8-15-12)16-13-5-11(9-1-2-9)17-18(13)10-3-4-23(20,21)7-10/h5-6,8-10H,1-4,7H2,(H,16,19)/t10-/m0/s1. The Bertz CT molecular complexity index is 838. The fraction of sp³-hybridized carbons (Fsp3) is 0.500. The first kappa shape index (κ1) is 14.8. The van der Waals surface area contributed by atoms with E-state index in [0.29, 0.717) is 23.9 Å². The summed E-state index contributed by atoms with van der Waals surface area (Å²) in [5.74, 6) is 0.959. The molecule has 1 amide bonds. The summed E-state index contributed by atoms with van der Waals surface area (Å²) in [7, 11) is -3.01. The molecule has 0 spiro atoms. The highest BCUT2D eigenvalue weighted by Gasteiger charge is 2.34. The molecule has 2 fully saturated rings. The van der Waals surface area contributed by atoms with Crippen LogP contribution in [0.2, 0.25) is 0 Å². The molecule has 0 unspecified atom stereocenters. The molecule has 9 heteroatoms. The molecular weight excluding hydrogens is 336 g/mol. The van der Waals surface area contributed by atoms with Gasteiger partial charge in [-0.1, -0.05) is 0 Å². The van der Waals surface area contributed by atoms with Crippen molar-refractivity contribution in [3.8, 4) is 0 Å². The summed E-state index contributed by atoms with van der Waals surface area (Å²) in [5, 5.41) is 9.08. The number of carbonyl (C=O) groups is 1. The van der Waals surface area contributed by atoms with Gasteiger partial charge in [0.25, 0.3) is 5.91 Å². The number of hydrogen-bond acceptors (Lipinski definition) is 6. The van der Waals surface area contributed by atoms with E-state index in [4.69, 9.17) is 0 Å². The van der Waals surface area contributed by atoms with Gasteiger partial charge in [0.1, 0.15) is 11.5 Å². The lowest BCUT2D eigenvalue weighted by Gasteiger charge is -2.13. The van der Waals surface area contributed by atoms with E-state index in [9.17, 15) is 13.2 Å². The Kier molecular flexibility index (Phi) is 3.49. The van der Waals surface area contributed by atoms with E-state index >= 15 is 0 Å². The van der Waals surface area contributed by atoms with Crippen molar-refractivity contribution in [2.75, 3.05) is 16.8 Å². The van der Waals surface area contributed by atoms with Gasteiger partial charge in [0.15, 0.2) is 9.84 Å². The van der Waals surface area contributed by atoms with Crippen LogP contribution in [0.4, 0.5) is 5.82 Å². The maximum Gasteiger partial charge on any atom is 0.276 e. The average molecular weight is 352 g/mol. The zero-order valence-electron chi connectivity index (χ0n) is 12.3. The van der Waals surface area contributed by atoms with Gasteiger partial charge in [0.05, 0.1) is 28.8 Å². The monoisotopic (exact) mass is 352 g/mol. The third-order valence-corrected chi connectivity index (χ3v) is 6.55. The Balaban J connectivity index is 1.63. The molecule has 2 aromatic rings. The predicted octanol–water partition coefficient (Wildman–Crippen LogP) is 1.83. The van der Waals surface area contributed by atoms with Gasteiger partial charge in [-0.15, -0.1) is 11.3 Å². The van der Waals surface area contributed by atoms with Gasteiger partial charge in [-0.25, -0.2) is 18.1 Å². The minimum atomic E-state index is -3.01. The molecule has 1 saturated carbocycles. The van der Waals surface area contributed by atoms with Crippen molar-refractivity contribution in [2.45, 2.75) is 31.2 Å². The van der Waals surface area contributed by atoms with Crippen LogP contribution in [-0.4, -0.2) is 40.6 Å². The normalized spacial score (nSPS) is 23.0. The summed E-state index contributed by atoms with van der Waals surface area (Å²) in [4.78, 5) is 16.2. The minimum absolute atomic E-state index is 0.0817. The van der Waals surface area contributed by atoms with E-state index in [1.54, 1.807) is 15.6 Å². The molecule has 23 heavy (non-hydrogen) atoms. The van der Waals surface area contributed by atoms with Crippen LogP contribution in [0.3, 0.4) is 0 Å². The van der Waals surface area contributed by atoms with Gasteiger partial charge in [0, 0.05) is 17.4 Å². The third kappa shape index (κ3) is 3.02. The first-order valence-electron chi connectivity index (χ1n) is 7.51. The topological polar surface area (TPSA) is 94.0 Å². The number of amides is 1. The number of sulfone groups is 1. The summed E-state index contributed by atoms with van der Waals surface area (Å²) >= 11 is 1.35. The number of carbonyl (C=O) groups excluding carboxylic acids is 1. The van der Waals surface area contributed by atoms with Crippen LogP contribution < -0.4 is 5.32 Å². The number of nitrogens with one attached hydrogen (secondary N) is 1. The molecule has 0 radical (unpaired) electrons. The molecule has 1 atom stereocenters. The lowest BCUT2D eigenvalue weighted by molar-refractivity contribution is 0.102. The molecule has 4 rings (SSSR count). The maximum absolute atomic E-state index is 12.2. The van der Waals surface area contributed by atoms with Gasteiger partial charge >= 0.3 is 0 Å². The Morgan fingerprint density at radius 1 is 1.35 bits per heavy atom. The highest BCUT2D eigenvalue weighted by atomic mass is 32.2. The number of aromatic nitrogens is 3. The molecule has 1 aliphatic heterocycles. The zero-order chi connectivity index (χ0) is 16.0. The molecular formula is C14H16N4O3S2. The summed E-state index contributed by atoms with van der Waals surface area (Å²) in [6.07, 6.45) is 2.73. The summed E-state index contributed by atoms with van der Waals surface area (Å²) < 4.78 is 25.2. The Labute approximate surface area is 137 Å². The van der Waals surface area contributed by atoms with Crippen molar-refractivity contribution in [3.63, 3.8) is 0 Å². The van der Waals surface area contributed by atoms with E-state index < -0.39 is 9.84 Å². The Morgan fingerprint density at radius 3 is 2.78 bits per heavy atom. The average Bonchev–Trinajstić information content (AvgIpc) is 2.92. The molecule has 3 heterocycles. The highest BCUT2D eigenvalue weighted by Crippen LogP contribution is 2.41. The molecule has 0 bridgehead atoms. The Hall–Kier alpha value is -1.74. The fourth-order valence-corrected chi connectivity index (χ4v) is 5.06. The van der Waals surface area contributed by atoms with E-state index in [0.717, 1.165) is 18.5 Å². The molecule has 7 nitrogen and oxygen atoms in total. The molecule has 0 aromatic carbocycles. The predicted molar refractivity (Wildman–Crippen MR) is 86.6 cm³/mol.